The van der Waals surface area contributed by atoms with E-state index >= 15 is 0 Å². The molecule has 0 aromatic heterocycles. The molecule has 7 heteroatoms. The summed E-state index contributed by atoms with van der Waals surface area (Å²) in [6.45, 7) is 3.57. The van der Waals surface area contributed by atoms with Gasteiger partial charge in [-0.15, -0.1) is 0 Å². The molecular formula is C12H21F3N2OS. The Morgan fingerprint density at radius 2 is 1.95 bits per heavy atom. The first-order valence-electron chi connectivity index (χ1n) is 6.40. The molecule has 0 amide bonds. The van der Waals surface area contributed by atoms with Crippen LogP contribution < -0.4 is 5.73 Å². The maximum Gasteiger partial charge on any atom is 0.411 e. The molecule has 0 aromatic rings. The zero-order chi connectivity index (χ0) is 14.5. The maximum atomic E-state index is 11.8. The number of halogens is 3. The van der Waals surface area contributed by atoms with E-state index in [1.807, 2.05) is 0 Å². The summed E-state index contributed by atoms with van der Waals surface area (Å²) in [5.74, 6) is 0. The van der Waals surface area contributed by atoms with Crippen LogP contribution in [0.4, 0.5) is 13.2 Å². The van der Waals surface area contributed by atoms with Gasteiger partial charge >= 0.3 is 6.18 Å². The van der Waals surface area contributed by atoms with E-state index in [9.17, 15) is 13.2 Å². The van der Waals surface area contributed by atoms with E-state index in [-0.39, 0.29) is 12.0 Å². The predicted molar refractivity (Wildman–Crippen MR) is 72.1 cm³/mol. The van der Waals surface area contributed by atoms with Crippen molar-refractivity contribution >= 4 is 17.2 Å². The minimum atomic E-state index is -4.23. The van der Waals surface area contributed by atoms with Crippen molar-refractivity contribution in [1.29, 1.82) is 0 Å². The first-order chi connectivity index (χ1) is 8.73. The molecule has 0 aromatic carbocycles. The summed E-state index contributed by atoms with van der Waals surface area (Å²) in [6.07, 6.45) is -1.80. The van der Waals surface area contributed by atoms with Crippen LogP contribution in [0, 0.1) is 5.41 Å². The van der Waals surface area contributed by atoms with E-state index < -0.39 is 12.8 Å². The van der Waals surface area contributed by atoms with E-state index in [2.05, 4.69) is 16.6 Å². The monoisotopic (exact) mass is 298 g/mol. The maximum absolute atomic E-state index is 11.8. The fourth-order valence-electron chi connectivity index (χ4n) is 2.09. The zero-order valence-corrected chi connectivity index (χ0v) is 11.9. The third kappa shape index (κ3) is 6.05. The molecule has 19 heavy (non-hydrogen) atoms. The molecule has 1 rings (SSSR count). The second kappa shape index (κ2) is 6.85. The van der Waals surface area contributed by atoms with Gasteiger partial charge in [-0.25, -0.2) is 0 Å². The van der Waals surface area contributed by atoms with Crippen molar-refractivity contribution in [2.75, 3.05) is 32.8 Å². The SMILES string of the molecule is CC1(C(N)=S)CCN(CCCOCC(F)(F)F)CC1. The van der Waals surface area contributed by atoms with E-state index in [1.165, 1.54) is 0 Å². The standard InChI is InChI=1S/C12H21F3N2OS/c1-11(10(16)19)3-6-17(7-4-11)5-2-8-18-9-12(13,14)15/h2-9H2,1H3,(H2,16,19). The van der Waals surface area contributed by atoms with Gasteiger partial charge in [-0.05, 0) is 32.4 Å². The Bertz CT molecular complexity index is 302. The number of piperidine rings is 1. The van der Waals surface area contributed by atoms with Crippen LogP contribution in [0.5, 0.6) is 0 Å². The Hall–Kier alpha value is -0.400. The van der Waals surface area contributed by atoms with Crippen LogP contribution in [0.15, 0.2) is 0 Å². The van der Waals surface area contributed by atoms with Gasteiger partial charge in [0.15, 0.2) is 0 Å². The third-order valence-corrected chi connectivity index (χ3v) is 4.08. The lowest BCUT2D eigenvalue weighted by Crippen LogP contribution is -2.45. The van der Waals surface area contributed by atoms with Gasteiger partial charge in [-0.1, -0.05) is 19.1 Å². The summed E-state index contributed by atoms with van der Waals surface area (Å²) in [5, 5.41) is 0. The Labute approximate surface area is 117 Å². The Morgan fingerprint density at radius 1 is 1.37 bits per heavy atom. The molecule has 1 aliphatic rings. The lowest BCUT2D eigenvalue weighted by Gasteiger charge is -2.38. The molecule has 0 atom stereocenters. The summed E-state index contributed by atoms with van der Waals surface area (Å²) >= 11 is 5.06. The van der Waals surface area contributed by atoms with Crippen LogP contribution in [0.2, 0.25) is 0 Å². The van der Waals surface area contributed by atoms with Crippen molar-refractivity contribution in [3.05, 3.63) is 0 Å². The highest BCUT2D eigenvalue weighted by Gasteiger charge is 2.32. The van der Waals surface area contributed by atoms with Crippen molar-refractivity contribution in [2.24, 2.45) is 11.1 Å². The summed E-state index contributed by atoms with van der Waals surface area (Å²) in [7, 11) is 0. The van der Waals surface area contributed by atoms with Crippen LogP contribution in [-0.2, 0) is 4.74 Å². The summed E-state index contributed by atoms with van der Waals surface area (Å²) in [4.78, 5) is 2.78. The average Bonchev–Trinajstić information content (AvgIpc) is 2.29. The second-order valence-electron chi connectivity index (χ2n) is 5.29. The van der Waals surface area contributed by atoms with Crippen LogP contribution in [0.3, 0.4) is 0 Å². The summed E-state index contributed by atoms with van der Waals surface area (Å²) < 4.78 is 40.1. The van der Waals surface area contributed by atoms with Crippen molar-refractivity contribution in [3.63, 3.8) is 0 Å². The second-order valence-corrected chi connectivity index (χ2v) is 5.73. The van der Waals surface area contributed by atoms with Crippen molar-refractivity contribution < 1.29 is 17.9 Å². The summed E-state index contributed by atoms with van der Waals surface area (Å²) in [5.41, 5.74) is 5.64. The number of ether oxygens (including phenoxy) is 1. The topological polar surface area (TPSA) is 38.5 Å². The van der Waals surface area contributed by atoms with Gasteiger partial charge in [0.2, 0.25) is 0 Å². The smallest absolute Gasteiger partial charge is 0.393 e. The predicted octanol–water partition coefficient (Wildman–Crippen LogP) is 2.34. The van der Waals surface area contributed by atoms with Gasteiger partial charge < -0.3 is 15.4 Å². The van der Waals surface area contributed by atoms with Gasteiger partial charge in [-0.2, -0.15) is 13.2 Å². The van der Waals surface area contributed by atoms with Crippen LogP contribution in [0.1, 0.15) is 26.2 Å². The Morgan fingerprint density at radius 3 is 2.42 bits per heavy atom. The number of hydrogen-bond donors (Lipinski definition) is 1. The summed E-state index contributed by atoms with van der Waals surface area (Å²) in [6, 6.07) is 0. The molecule has 3 nitrogen and oxygen atoms in total. The molecule has 0 spiro atoms. The highest BCUT2D eigenvalue weighted by molar-refractivity contribution is 7.80. The van der Waals surface area contributed by atoms with Gasteiger partial charge in [-0.3, -0.25) is 0 Å². The average molecular weight is 298 g/mol. The molecule has 1 heterocycles. The number of nitrogens with two attached hydrogens (primary N) is 1. The van der Waals surface area contributed by atoms with Crippen molar-refractivity contribution in [3.8, 4) is 0 Å². The minimum absolute atomic E-state index is 0.0708. The first-order valence-corrected chi connectivity index (χ1v) is 6.80. The fourth-order valence-corrected chi connectivity index (χ4v) is 2.30. The van der Waals surface area contributed by atoms with Crippen molar-refractivity contribution in [2.45, 2.75) is 32.4 Å². The molecule has 0 saturated carbocycles. The lowest BCUT2D eigenvalue weighted by molar-refractivity contribution is -0.174. The van der Waals surface area contributed by atoms with Crippen LogP contribution in [-0.4, -0.2) is 48.9 Å². The van der Waals surface area contributed by atoms with Gasteiger partial charge in [0.25, 0.3) is 0 Å². The molecule has 0 radical (unpaired) electrons. The molecule has 0 unspecified atom stereocenters. The molecule has 112 valence electrons. The van der Waals surface area contributed by atoms with E-state index in [4.69, 9.17) is 18.0 Å². The third-order valence-electron chi connectivity index (χ3n) is 3.58. The molecular weight excluding hydrogens is 277 g/mol. The molecule has 0 bridgehead atoms. The fraction of sp³-hybridized carbons (Fsp3) is 0.917. The number of nitrogens with zero attached hydrogens (tertiary/aromatic N) is 1. The van der Waals surface area contributed by atoms with Gasteiger partial charge in [0.1, 0.15) is 6.61 Å². The van der Waals surface area contributed by atoms with Crippen molar-refractivity contribution in [1.82, 2.24) is 4.90 Å². The molecule has 0 aliphatic carbocycles. The number of rotatable bonds is 6. The van der Waals surface area contributed by atoms with E-state index in [0.29, 0.717) is 11.4 Å². The lowest BCUT2D eigenvalue weighted by atomic mass is 9.80. The molecule has 2 N–H and O–H groups in total. The highest BCUT2D eigenvalue weighted by atomic mass is 32.1. The number of alkyl halides is 3. The number of likely N-dealkylation sites (tertiary alicyclic amines) is 1. The minimum Gasteiger partial charge on any atom is -0.393 e. The number of hydrogen-bond acceptors (Lipinski definition) is 3. The van der Waals surface area contributed by atoms with E-state index in [1.54, 1.807) is 0 Å². The van der Waals surface area contributed by atoms with Crippen LogP contribution in [0.25, 0.3) is 0 Å². The molecule has 1 aliphatic heterocycles. The zero-order valence-electron chi connectivity index (χ0n) is 11.1. The normalized spacial score (nSPS) is 20.4. The quantitative estimate of drug-likeness (QED) is 0.603. The molecule has 1 saturated heterocycles. The van der Waals surface area contributed by atoms with E-state index in [0.717, 1.165) is 32.5 Å². The molecule has 1 fully saturated rings. The van der Waals surface area contributed by atoms with Crippen LogP contribution >= 0.6 is 12.2 Å². The number of thiocarbonyl (C=S) groups is 1. The Kier molecular flexibility index (Phi) is 6.01. The Balaban J connectivity index is 2.12. The first kappa shape index (κ1) is 16.7. The van der Waals surface area contributed by atoms with Gasteiger partial charge in [0.05, 0.1) is 4.99 Å². The van der Waals surface area contributed by atoms with Gasteiger partial charge in [0, 0.05) is 18.6 Å². The largest absolute Gasteiger partial charge is 0.411 e. The highest BCUT2D eigenvalue weighted by Crippen LogP contribution is 2.31.